The first-order valence-corrected chi connectivity index (χ1v) is 8.71. The van der Waals surface area contributed by atoms with Crippen LogP contribution < -0.4 is 10.9 Å². The maximum Gasteiger partial charge on any atom is 0.267 e. The summed E-state index contributed by atoms with van der Waals surface area (Å²) in [5.74, 6) is -0.363. The summed E-state index contributed by atoms with van der Waals surface area (Å²) in [4.78, 5) is 27.9. The van der Waals surface area contributed by atoms with Crippen LogP contribution in [0.15, 0.2) is 28.6 Å². The van der Waals surface area contributed by atoms with Gasteiger partial charge in [0.2, 0.25) is 5.91 Å². The zero-order chi connectivity index (χ0) is 15.4. The number of nitrogens with zero attached hydrogens (tertiary/aromatic N) is 1. The molecule has 1 aliphatic rings. The summed E-state index contributed by atoms with van der Waals surface area (Å²) in [6.45, 7) is 0.597. The van der Waals surface area contributed by atoms with Crippen molar-refractivity contribution in [2.75, 3.05) is 12.4 Å². The summed E-state index contributed by atoms with van der Waals surface area (Å²) in [5, 5.41) is 0. The Hall–Kier alpha value is -1.64. The average molecular weight is 337 g/mol. The second kappa shape index (κ2) is 7.08. The van der Waals surface area contributed by atoms with Crippen molar-refractivity contribution in [2.45, 2.75) is 23.3 Å². The second-order valence-corrected chi connectivity index (χ2v) is 7.03. The van der Waals surface area contributed by atoms with Crippen molar-refractivity contribution in [1.29, 1.82) is 0 Å². The molecule has 1 fully saturated rings. The van der Waals surface area contributed by atoms with Gasteiger partial charge in [-0.2, -0.15) is 0 Å². The van der Waals surface area contributed by atoms with Crippen LogP contribution in [-0.4, -0.2) is 35.3 Å². The number of carbonyl (C=O) groups excluding carboxylic acids is 2. The van der Waals surface area contributed by atoms with Gasteiger partial charge in [0.1, 0.15) is 6.10 Å². The van der Waals surface area contributed by atoms with Gasteiger partial charge in [0.05, 0.1) is 16.0 Å². The largest absolute Gasteiger partial charge is 0.368 e. The normalized spacial score (nSPS) is 17.5. The number of hydrogen-bond acceptors (Lipinski definition) is 6. The van der Waals surface area contributed by atoms with Gasteiger partial charge in [-0.05, 0) is 25.0 Å². The zero-order valence-electron chi connectivity index (χ0n) is 11.7. The number of ether oxygens (including phenoxy) is 1. The number of hydrogen-bond donors (Lipinski definition) is 2. The number of hydrazine groups is 1. The predicted molar refractivity (Wildman–Crippen MR) is 85.6 cm³/mol. The first-order valence-electron chi connectivity index (χ1n) is 6.91. The Labute approximate surface area is 135 Å². The van der Waals surface area contributed by atoms with Gasteiger partial charge in [0.15, 0.2) is 4.34 Å². The topological polar surface area (TPSA) is 80.3 Å². The lowest BCUT2D eigenvalue weighted by Crippen LogP contribution is -2.46. The van der Waals surface area contributed by atoms with Crippen molar-refractivity contribution >= 4 is 45.1 Å². The second-order valence-electron chi connectivity index (χ2n) is 4.78. The average Bonchev–Trinajstić information content (AvgIpc) is 3.19. The van der Waals surface area contributed by atoms with Crippen LogP contribution in [0.3, 0.4) is 0 Å². The summed E-state index contributed by atoms with van der Waals surface area (Å²) >= 11 is 2.90. The molecule has 8 heteroatoms. The van der Waals surface area contributed by atoms with Crippen molar-refractivity contribution in [2.24, 2.45) is 0 Å². The Morgan fingerprint density at radius 1 is 1.36 bits per heavy atom. The van der Waals surface area contributed by atoms with Crippen molar-refractivity contribution in [1.82, 2.24) is 15.8 Å². The Balaban J connectivity index is 1.44. The molecule has 0 unspecified atom stereocenters. The Morgan fingerprint density at radius 3 is 3.00 bits per heavy atom. The van der Waals surface area contributed by atoms with E-state index >= 15 is 0 Å². The first-order chi connectivity index (χ1) is 10.7. The van der Waals surface area contributed by atoms with Crippen LogP contribution in [0.25, 0.3) is 10.2 Å². The third-order valence-electron chi connectivity index (χ3n) is 3.15. The molecule has 2 N–H and O–H groups in total. The lowest BCUT2D eigenvalue weighted by Gasteiger charge is -2.10. The van der Waals surface area contributed by atoms with E-state index < -0.39 is 6.10 Å². The number of fused-ring (bicyclic) bond motifs is 1. The minimum atomic E-state index is -0.447. The van der Waals surface area contributed by atoms with E-state index in [1.807, 2.05) is 24.3 Å². The molecule has 1 aromatic heterocycles. The van der Waals surface area contributed by atoms with E-state index in [9.17, 15) is 9.59 Å². The van der Waals surface area contributed by atoms with Gasteiger partial charge < -0.3 is 4.74 Å². The van der Waals surface area contributed by atoms with Crippen LogP contribution in [0.1, 0.15) is 12.8 Å². The molecule has 2 aromatic rings. The molecule has 1 aliphatic heterocycles. The molecule has 1 atom stereocenters. The van der Waals surface area contributed by atoms with Gasteiger partial charge in [-0.15, -0.1) is 11.3 Å². The van der Waals surface area contributed by atoms with Gasteiger partial charge >= 0.3 is 0 Å². The lowest BCUT2D eigenvalue weighted by molar-refractivity contribution is -0.134. The Morgan fingerprint density at radius 2 is 2.23 bits per heavy atom. The van der Waals surface area contributed by atoms with Gasteiger partial charge in [-0.25, -0.2) is 4.98 Å². The van der Waals surface area contributed by atoms with Gasteiger partial charge in [0, 0.05) is 6.61 Å². The van der Waals surface area contributed by atoms with E-state index in [2.05, 4.69) is 15.8 Å². The van der Waals surface area contributed by atoms with E-state index in [0.717, 1.165) is 21.0 Å². The summed E-state index contributed by atoms with van der Waals surface area (Å²) in [5.41, 5.74) is 5.73. The number of nitrogens with one attached hydrogen (secondary N) is 2. The number of thiazole rings is 1. The van der Waals surface area contributed by atoms with Crippen LogP contribution in [-0.2, 0) is 14.3 Å². The molecule has 0 bridgehead atoms. The molecule has 2 amide bonds. The molecule has 1 aromatic carbocycles. The monoisotopic (exact) mass is 337 g/mol. The highest BCUT2D eigenvalue weighted by atomic mass is 32.2. The minimum absolute atomic E-state index is 0.200. The molecule has 0 aliphatic carbocycles. The fourth-order valence-electron chi connectivity index (χ4n) is 2.07. The number of benzene rings is 1. The van der Waals surface area contributed by atoms with Crippen molar-refractivity contribution < 1.29 is 14.3 Å². The van der Waals surface area contributed by atoms with Gasteiger partial charge in [0.25, 0.3) is 5.91 Å². The first kappa shape index (κ1) is 15.3. The van der Waals surface area contributed by atoms with Crippen LogP contribution >= 0.6 is 23.1 Å². The third-order valence-corrected chi connectivity index (χ3v) is 5.33. The maximum absolute atomic E-state index is 11.7. The molecule has 0 spiro atoms. The SMILES string of the molecule is O=C(CSc1nc2ccccc2s1)NNC(=O)[C@H]1CCCO1. The standard InChI is InChI=1S/C14H15N3O3S2/c18-12(16-17-13(19)10-5-3-7-20-10)8-21-14-15-9-4-1-2-6-11(9)22-14/h1-2,4,6,10H,3,5,7-8H2,(H,16,18)(H,17,19)/t10-/m1/s1. The summed E-state index contributed by atoms with van der Waals surface area (Å²) in [6.07, 6.45) is 1.12. The van der Waals surface area contributed by atoms with Crippen molar-refractivity contribution in [3.63, 3.8) is 0 Å². The van der Waals surface area contributed by atoms with Crippen LogP contribution in [0.2, 0.25) is 0 Å². The highest BCUT2D eigenvalue weighted by molar-refractivity contribution is 8.01. The number of rotatable bonds is 4. The molecule has 6 nitrogen and oxygen atoms in total. The number of aromatic nitrogens is 1. The molecule has 22 heavy (non-hydrogen) atoms. The minimum Gasteiger partial charge on any atom is -0.368 e. The van der Waals surface area contributed by atoms with Crippen molar-refractivity contribution in [3.8, 4) is 0 Å². The number of para-hydroxylation sites is 1. The molecule has 0 radical (unpaired) electrons. The third kappa shape index (κ3) is 3.76. The Bertz CT molecular complexity index is 650. The summed E-state index contributed by atoms with van der Waals surface area (Å²) < 4.78 is 7.16. The smallest absolute Gasteiger partial charge is 0.267 e. The molecule has 0 saturated carbocycles. The molecule has 3 rings (SSSR count). The zero-order valence-corrected chi connectivity index (χ0v) is 13.3. The van der Waals surface area contributed by atoms with E-state index in [4.69, 9.17) is 4.74 Å². The van der Waals surface area contributed by atoms with Crippen LogP contribution in [0.4, 0.5) is 0 Å². The molecule has 116 valence electrons. The van der Waals surface area contributed by atoms with Crippen LogP contribution in [0.5, 0.6) is 0 Å². The maximum atomic E-state index is 11.7. The number of amides is 2. The molecule has 2 heterocycles. The fourth-order valence-corrected chi connectivity index (χ4v) is 3.94. The predicted octanol–water partition coefficient (Wildman–Crippen LogP) is 1.71. The van der Waals surface area contributed by atoms with Crippen molar-refractivity contribution in [3.05, 3.63) is 24.3 Å². The highest BCUT2D eigenvalue weighted by Crippen LogP contribution is 2.28. The number of thioether (sulfide) groups is 1. The Kier molecular flexibility index (Phi) is 4.91. The van der Waals surface area contributed by atoms with Gasteiger partial charge in [-0.1, -0.05) is 23.9 Å². The number of carbonyl (C=O) groups is 2. The highest BCUT2D eigenvalue weighted by Gasteiger charge is 2.23. The molecular weight excluding hydrogens is 322 g/mol. The van der Waals surface area contributed by atoms with Gasteiger partial charge in [-0.3, -0.25) is 20.4 Å². The quantitative estimate of drug-likeness (QED) is 0.656. The summed E-state index contributed by atoms with van der Waals surface area (Å²) in [6, 6.07) is 7.84. The van der Waals surface area contributed by atoms with E-state index in [-0.39, 0.29) is 17.6 Å². The van der Waals surface area contributed by atoms with E-state index in [0.29, 0.717) is 13.0 Å². The molecule has 1 saturated heterocycles. The summed E-state index contributed by atoms with van der Waals surface area (Å²) in [7, 11) is 0. The van der Waals surface area contributed by atoms with E-state index in [1.165, 1.54) is 11.8 Å². The lowest BCUT2D eigenvalue weighted by atomic mass is 10.2. The van der Waals surface area contributed by atoms with E-state index in [1.54, 1.807) is 11.3 Å². The molecular formula is C14H15N3O3S2. The van der Waals surface area contributed by atoms with Crippen LogP contribution in [0, 0.1) is 0 Å². The fraction of sp³-hybridized carbons (Fsp3) is 0.357.